The number of hydrogen-bond donors (Lipinski definition) is 1. The largest absolute Gasteiger partial charge is 0.491 e. The number of fused-ring (bicyclic) bond motifs is 1. The lowest BCUT2D eigenvalue weighted by atomic mass is 9.90. The average Bonchev–Trinajstić information content (AvgIpc) is 2.36. The first-order valence-corrected chi connectivity index (χ1v) is 7.12. The summed E-state index contributed by atoms with van der Waals surface area (Å²) in [7, 11) is 2.00. The van der Waals surface area contributed by atoms with Crippen LogP contribution in [0.3, 0.4) is 0 Å². The van der Waals surface area contributed by atoms with Crippen molar-refractivity contribution in [2.75, 3.05) is 7.05 Å². The van der Waals surface area contributed by atoms with Crippen molar-refractivity contribution < 1.29 is 9.47 Å². The van der Waals surface area contributed by atoms with Crippen LogP contribution in [0.5, 0.6) is 11.5 Å². The van der Waals surface area contributed by atoms with E-state index in [2.05, 4.69) is 39.1 Å². The van der Waals surface area contributed by atoms with Crippen molar-refractivity contribution in [1.29, 1.82) is 0 Å². The zero-order valence-corrected chi connectivity index (χ0v) is 12.6. The molecule has 0 bridgehead atoms. The predicted molar refractivity (Wildman–Crippen MR) is 77.9 cm³/mol. The van der Waals surface area contributed by atoms with Gasteiger partial charge in [-0.15, -0.1) is 0 Å². The van der Waals surface area contributed by atoms with Crippen LogP contribution >= 0.6 is 0 Å². The first-order chi connectivity index (χ1) is 8.95. The molecule has 2 atom stereocenters. The van der Waals surface area contributed by atoms with Crippen molar-refractivity contribution in [3.8, 4) is 11.5 Å². The van der Waals surface area contributed by atoms with E-state index >= 15 is 0 Å². The molecule has 1 N–H and O–H groups in total. The molecule has 0 saturated carbocycles. The molecule has 0 aromatic heterocycles. The maximum atomic E-state index is 6.09. The monoisotopic (exact) mass is 263 g/mol. The molecule has 1 aromatic carbocycles. The van der Waals surface area contributed by atoms with Crippen molar-refractivity contribution >= 4 is 0 Å². The lowest BCUT2D eigenvalue weighted by molar-refractivity contribution is 0.0669. The molecule has 1 aliphatic rings. The highest BCUT2D eigenvalue weighted by atomic mass is 16.5. The van der Waals surface area contributed by atoms with Gasteiger partial charge in [0.05, 0.1) is 6.10 Å². The van der Waals surface area contributed by atoms with Gasteiger partial charge in [-0.3, -0.25) is 0 Å². The second kappa shape index (κ2) is 5.41. The van der Waals surface area contributed by atoms with Gasteiger partial charge in [0.2, 0.25) is 0 Å². The minimum absolute atomic E-state index is 0.143. The summed E-state index contributed by atoms with van der Waals surface area (Å²) in [6, 6.07) is 6.52. The van der Waals surface area contributed by atoms with E-state index in [4.69, 9.17) is 9.47 Å². The summed E-state index contributed by atoms with van der Waals surface area (Å²) >= 11 is 0. The Kier molecular flexibility index (Phi) is 4.04. The molecule has 3 nitrogen and oxygen atoms in total. The average molecular weight is 263 g/mol. The van der Waals surface area contributed by atoms with E-state index in [1.54, 1.807) is 0 Å². The standard InChI is InChI=1S/C16H25NO2/c1-6-11(2)18-12-7-8-13-14(17-5)10-16(3,4)19-15(13)9-12/h7-9,11,14,17H,6,10H2,1-5H3. The molecule has 1 aromatic rings. The second-order valence-electron chi connectivity index (χ2n) is 5.94. The molecule has 19 heavy (non-hydrogen) atoms. The van der Waals surface area contributed by atoms with Gasteiger partial charge in [0.25, 0.3) is 0 Å². The summed E-state index contributed by atoms with van der Waals surface area (Å²) in [6.07, 6.45) is 2.21. The minimum atomic E-state index is -0.143. The number of hydrogen-bond acceptors (Lipinski definition) is 3. The lowest BCUT2D eigenvalue weighted by Gasteiger charge is -2.37. The van der Waals surface area contributed by atoms with Gasteiger partial charge in [-0.2, -0.15) is 0 Å². The Labute approximate surface area is 116 Å². The smallest absolute Gasteiger partial charge is 0.128 e. The molecule has 0 spiro atoms. The van der Waals surface area contributed by atoms with Crippen LogP contribution in [0.4, 0.5) is 0 Å². The summed E-state index contributed by atoms with van der Waals surface area (Å²) in [4.78, 5) is 0. The molecule has 1 aliphatic heterocycles. The van der Waals surface area contributed by atoms with Crippen molar-refractivity contribution in [1.82, 2.24) is 5.32 Å². The molecule has 2 rings (SSSR count). The molecule has 2 unspecified atom stereocenters. The van der Waals surface area contributed by atoms with Crippen LogP contribution in [0.25, 0.3) is 0 Å². The highest BCUT2D eigenvalue weighted by Gasteiger charge is 2.33. The molecule has 1 heterocycles. The van der Waals surface area contributed by atoms with Crippen molar-refractivity contribution in [2.24, 2.45) is 0 Å². The fourth-order valence-corrected chi connectivity index (χ4v) is 2.48. The van der Waals surface area contributed by atoms with Gasteiger partial charge in [-0.25, -0.2) is 0 Å². The summed E-state index contributed by atoms with van der Waals surface area (Å²) in [5.74, 6) is 1.83. The molecule has 0 aliphatic carbocycles. The Morgan fingerprint density at radius 2 is 2.21 bits per heavy atom. The molecular weight excluding hydrogens is 238 g/mol. The Balaban J connectivity index is 2.28. The topological polar surface area (TPSA) is 30.5 Å². The highest BCUT2D eigenvalue weighted by Crippen LogP contribution is 2.41. The number of rotatable bonds is 4. The number of nitrogens with one attached hydrogen (secondary N) is 1. The zero-order chi connectivity index (χ0) is 14.0. The minimum Gasteiger partial charge on any atom is -0.491 e. The Bertz CT molecular complexity index is 442. The van der Waals surface area contributed by atoms with Gasteiger partial charge in [-0.05, 0) is 40.3 Å². The van der Waals surface area contributed by atoms with Crippen LogP contribution in [0, 0.1) is 0 Å². The second-order valence-corrected chi connectivity index (χ2v) is 5.94. The maximum Gasteiger partial charge on any atom is 0.128 e. The van der Waals surface area contributed by atoms with E-state index in [-0.39, 0.29) is 11.7 Å². The summed E-state index contributed by atoms with van der Waals surface area (Å²) in [6.45, 7) is 8.46. The van der Waals surface area contributed by atoms with Crippen LogP contribution in [-0.4, -0.2) is 18.8 Å². The van der Waals surface area contributed by atoms with E-state index in [0.29, 0.717) is 6.04 Å². The maximum absolute atomic E-state index is 6.09. The first kappa shape index (κ1) is 14.2. The normalized spacial score (nSPS) is 22.3. The van der Waals surface area contributed by atoms with E-state index in [0.717, 1.165) is 24.3 Å². The SMILES string of the molecule is CCC(C)Oc1ccc2c(c1)OC(C)(C)CC2NC. The Morgan fingerprint density at radius 1 is 1.47 bits per heavy atom. The molecule has 0 fully saturated rings. The number of benzene rings is 1. The van der Waals surface area contributed by atoms with Gasteiger partial charge < -0.3 is 14.8 Å². The molecule has 0 radical (unpaired) electrons. The summed E-state index contributed by atoms with van der Waals surface area (Å²) in [5, 5.41) is 3.37. The quantitative estimate of drug-likeness (QED) is 0.898. The fourth-order valence-electron chi connectivity index (χ4n) is 2.48. The molecule has 3 heteroatoms. The molecule has 0 amide bonds. The van der Waals surface area contributed by atoms with Gasteiger partial charge in [0.15, 0.2) is 0 Å². The fraction of sp³-hybridized carbons (Fsp3) is 0.625. The Morgan fingerprint density at radius 3 is 2.84 bits per heavy atom. The van der Waals surface area contributed by atoms with Crippen LogP contribution in [-0.2, 0) is 0 Å². The molecule has 106 valence electrons. The van der Waals surface area contributed by atoms with Crippen LogP contribution < -0.4 is 14.8 Å². The third kappa shape index (κ3) is 3.21. The van der Waals surface area contributed by atoms with Crippen LogP contribution in [0.15, 0.2) is 18.2 Å². The number of ether oxygens (including phenoxy) is 2. The third-order valence-electron chi connectivity index (χ3n) is 3.70. The predicted octanol–water partition coefficient (Wildman–Crippen LogP) is 3.69. The molecule has 0 saturated heterocycles. The van der Waals surface area contributed by atoms with E-state index in [9.17, 15) is 0 Å². The third-order valence-corrected chi connectivity index (χ3v) is 3.70. The van der Waals surface area contributed by atoms with Crippen LogP contribution in [0.1, 0.15) is 52.1 Å². The van der Waals surface area contributed by atoms with Gasteiger partial charge in [0, 0.05) is 24.1 Å². The highest BCUT2D eigenvalue weighted by molar-refractivity contribution is 5.44. The lowest BCUT2D eigenvalue weighted by Crippen LogP contribution is -2.38. The van der Waals surface area contributed by atoms with E-state index in [1.807, 2.05) is 19.2 Å². The van der Waals surface area contributed by atoms with Crippen LogP contribution in [0.2, 0.25) is 0 Å². The van der Waals surface area contributed by atoms with Crippen molar-refractivity contribution in [3.05, 3.63) is 23.8 Å². The summed E-state index contributed by atoms with van der Waals surface area (Å²) in [5.41, 5.74) is 1.08. The van der Waals surface area contributed by atoms with Crippen molar-refractivity contribution in [3.63, 3.8) is 0 Å². The molecular formula is C16H25NO2. The van der Waals surface area contributed by atoms with E-state index in [1.165, 1.54) is 5.56 Å². The first-order valence-electron chi connectivity index (χ1n) is 7.12. The zero-order valence-electron chi connectivity index (χ0n) is 12.6. The van der Waals surface area contributed by atoms with Gasteiger partial charge >= 0.3 is 0 Å². The van der Waals surface area contributed by atoms with Gasteiger partial charge in [0.1, 0.15) is 17.1 Å². The Hall–Kier alpha value is -1.22. The van der Waals surface area contributed by atoms with Gasteiger partial charge in [-0.1, -0.05) is 13.0 Å². The van der Waals surface area contributed by atoms with Crippen molar-refractivity contribution in [2.45, 2.75) is 58.3 Å². The van der Waals surface area contributed by atoms with E-state index < -0.39 is 0 Å². The summed E-state index contributed by atoms with van der Waals surface area (Å²) < 4.78 is 12.0.